The zero-order chi connectivity index (χ0) is 14.5. The number of aryl methyl sites for hydroxylation is 2. The maximum Gasteiger partial charge on any atom is 0.314 e. The van der Waals surface area contributed by atoms with E-state index in [1.54, 1.807) is 30.5 Å². The van der Waals surface area contributed by atoms with Crippen molar-refractivity contribution in [2.45, 2.75) is 26.7 Å². The number of aromatic nitrogens is 2. The zero-order valence-electron chi connectivity index (χ0n) is 11.4. The Bertz CT molecular complexity index is 612. The second-order valence-electron chi connectivity index (χ2n) is 4.33. The standard InChI is InChI=1S/C13H16N4O2S/c1-3-10-8-16-11(20-10)5-7-15-13-12(17(18)19)9(2)4-6-14-13/h4,6,8H,3,5,7H2,1-2H3,(H,14,15). The van der Waals surface area contributed by atoms with Gasteiger partial charge in [-0.2, -0.15) is 0 Å². The van der Waals surface area contributed by atoms with Crippen LogP contribution in [0.2, 0.25) is 0 Å². The number of nitrogens with one attached hydrogen (secondary N) is 1. The number of thiazole rings is 1. The highest BCUT2D eigenvalue weighted by Crippen LogP contribution is 2.25. The van der Waals surface area contributed by atoms with Gasteiger partial charge in [-0.05, 0) is 19.4 Å². The molecule has 2 aromatic rings. The van der Waals surface area contributed by atoms with Crippen LogP contribution in [0.1, 0.15) is 22.4 Å². The molecule has 0 radical (unpaired) electrons. The Morgan fingerprint density at radius 3 is 2.90 bits per heavy atom. The molecule has 0 aromatic carbocycles. The number of rotatable bonds is 6. The Morgan fingerprint density at radius 2 is 2.25 bits per heavy atom. The second-order valence-corrected chi connectivity index (χ2v) is 5.53. The van der Waals surface area contributed by atoms with Gasteiger partial charge in [0.05, 0.1) is 9.93 Å². The van der Waals surface area contributed by atoms with Crippen molar-refractivity contribution in [3.05, 3.63) is 44.0 Å². The lowest BCUT2D eigenvalue weighted by molar-refractivity contribution is -0.384. The lowest BCUT2D eigenvalue weighted by atomic mass is 10.2. The second kappa shape index (κ2) is 6.42. The van der Waals surface area contributed by atoms with Crippen LogP contribution in [0.3, 0.4) is 0 Å². The van der Waals surface area contributed by atoms with Crippen molar-refractivity contribution in [3.63, 3.8) is 0 Å². The van der Waals surface area contributed by atoms with Gasteiger partial charge in [0.2, 0.25) is 5.82 Å². The highest BCUT2D eigenvalue weighted by atomic mass is 32.1. The number of nitro groups is 1. The number of hydrogen-bond donors (Lipinski definition) is 1. The third-order valence-electron chi connectivity index (χ3n) is 2.89. The Hall–Kier alpha value is -2.02. The van der Waals surface area contributed by atoms with Gasteiger partial charge in [-0.25, -0.2) is 9.97 Å². The minimum Gasteiger partial charge on any atom is -0.364 e. The molecule has 2 aromatic heterocycles. The Labute approximate surface area is 121 Å². The van der Waals surface area contributed by atoms with E-state index in [-0.39, 0.29) is 5.69 Å². The summed E-state index contributed by atoms with van der Waals surface area (Å²) in [5.74, 6) is 0.322. The normalized spacial score (nSPS) is 10.5. The predicted molar refractivity (Wildman–Crippen MR) is 79.3 cm³/mol. The molecule has 7 heteroatoms. The van der Waals surface area contributed by atoms with Crippen LogP contribution in [0.15, 0.2) is 18.5 Å². The van der Waals surface area contributed by atoms with E-state index in [4.69, 9.17) is 0 Å². The molecule has 0 bridgehead atoms. The summed E-state index contributed by atoms with van der Waals surface area (Å²) < 4.78 is 0. The van der Waals surface area contributed by atoms with Crippen LogP contribution in [0.25, 0.3) is 0 Å². The molecule has 0 unspecified atom stereocenters. The number of anilines is 1. The van der Waals surface area contributed by atoms with Gasteiger partial charge in [0.1, 0.15) is 0 Å². The monoisotopic (exact) mass is 292 g/mol. The first-order valence-corrected chi connectivity index (χ1v) is 7.21. The van der Waals surface area contributed by atoms with Gasteiger partial charge in [0, 0.05) is 35.8 Å². The SMILES string of the molecule is CCc1cnc(CCNc2nccc(C)c2[N+](=O)[O-])s1. The van der Waals surface area contributed by atoms with Gasteiger partial charge in [0.25, 0.3) is 0 Å². The molecule has 0 aliphatic carbocycles. The topological polar surface area (TPSA) is 81.0 Å². The van der Waals surface area contributed by atoms with Crippen LogP contribution in [0.5, 0.6) is 0 Å². The minimum atomic E-state index is -0.400. The van der Waals surface area contributed by atoms with Crippen LogP contribution in [0.4, 0.5) is 11.5 Å². The molecule has 0 aliphatic heterocycles. The van der Waals surface area contributed by atoms with E-state index in [9.17, 15) is 10.1 Å². The average Bonchev–Trinajstić information content (AvgIpc) is 2.86. The van der Waals surface area contributed by atoms with Crippen molar-refractivity contribution in [1.82, 2.24) is 9.97 Å². The summed E-state index contributed by atoms with van der Waals surface area (Å²) in [7, 11) is 0. The molecule has 2 heterocycles. The lowest BCUT2D eigenvalue weighted by Crippen LogP contribution is -2.09. The van der Waals surface area contributed by atoms with Gasteiger partial charge in [-0.15, -0.1) is 11.3 Å². The van der Waals surface area contributed by atoms with Crippen LogP contribution in [0, 0.1) is 17.0 Å². The molecule has 0 saturated heterocycles. The molecule has 0 fully saturated rings. The van der Waals surface area contributed by atoms with Gasteiger partial charge in [-0.1, -0.05) is 6.92 Å². The van der Waals surface area contributed by atoms with Crippen molar-refractivity contribution in [2.75, 3.05) is 11.9 Å². The highest BCUT2D eigenvalue weighted by molar-refractivity contribution is 7.11. The fourth-order valence-electron chi connectivity index (χ4n) is 1.83. The van der Waals surface area contributed by atoms with E-state index in [0.717, 1.165) is 17.8 Å². The van der Waals surface area contributed by atoms with E-state index >= 15 is 0 Å². The van der Waals surface area contributed by atoms with Gasteiger partial charge in [-0.3, -0.25) is 10.1 Å². The summed E-state index contributed by atoms with van der Waals surface area (Å²) in [5, 5.41) is 15.1. The molecule has 20 heavy (non-hydrogen) atoms. The fourth-order valence-corrected chi connectivity index (χ4v) is 2.69. The summed E-state index contributed by atoms with van der Waals surface area (Å²) in [5.41, 5.74) is 0.649. The van der Waals surface area contributed by atoms with E-state index in [2.05, 4.69) is 22.2 Å². The first-order valence-electron chi connectivity index (χ1n) is 6.39. The summed E-state index contributed by atoms with van der Waals surface area (Å²) in [6.45, 7) is 4.38. The summed E-state index contributed by atoms with van der Waals surface area (Å²) in [4.78, 5) is 20.2. The number of hydrogen-bond acceptors (Lipinski definition) is 6. The van der Waals surface area contributed by atoms with E-state index in [0.29, 0.717) is 17.9 Å². The molecule has 106 valence electrons. The molecule has 2 rings (SSSR count). The van der Waals surface area contributed by atoms with Crippen LogP contribution in [-0.2, 0) is 12.8 Å². The van der Waals surface area contributed by atoms with E-state index < -0.39 is 4.92 Å². The van der Waals surface area contributed by atoms with E-state index in [1.807, 2.05) is 6.20 Å². The molecule has 0 atom stereocenters. The quantitative estimate of drug-likeness (QED) is 0.654. The van der Waals surface area contributed by atoms with Gasteiger partial charge < -0.3 is 5.32 Å². The third kappa shape index (κ3) is 3.30. The van der Waals surface area contributed by atoms with Crippen LogP contribution in [-0.4, -0.2) is 21.4 Å². The van der Waals surface area contributed by atoms with Gasteiger partial charge in [0.15, 0.2) is 0 Å². The fraction of sp³-hybridized carbons (Fsp3) is 0.385. The van der Waals surface area contributed by atoms with Crippen molar-refractivity contribution >= 4 is 22.8 Å². The first kappa shape index (κ1) is 14.4. The molecule has 0 spiro atoms. The minimum absolute atomic E-state index is 0.0425. The summed E-state index contributed by atoms with van der Waals surface area (Å²) in [6.07, 6.45) is 5.17. The first-order chi connectivity index (χ1) is 9.61. The molecular formula is C13H16N4O2S. The van der Waals surface area contributed by atoms with Gasteiger partial charge >= 0.3 is 5.69 Å². The Morgan fingerprint density at radius 1 is 1.45 bits per heavy atom. The largest absolute Gasteiger partial charge is 0.364 e. The smallest absolute Gasteiger partial charge is 0.314 e. The Balaban J connectivity index is 2.00. The molecule has 0 aliphatic rings. The molecule has 6 nitrogen and oxygen atoms in total. The average molecular weight is 292 g/mol. The summed E-state index contributed by atoms with van der Waals surface area (Å²) >= 11 is 1.68. The molecule has 1 N–H and O–H groups in total. The van der Waals surface area contributed by atoms with E-state index in [1.165, 1.54) is 4.88 Å². The van der Waals surface area contributed by atoms with Crippen molar-refractivity contribution in [2.24, 2.45) is 0 Å². The zero-order valence-corrected chi connectivity index (χ0v) is 12.2. The van der Waals surface area contributed by atoms with Crippen molar-refractivity contribution < 1.29 is 4.92 Å². The summed E-state index contributed by atoms with van der Waals surface area (Å²) in [6, 6.07) is 1.64. The molecular weight excluding hydrogens is 276 g/mol. The van der Waals surface area contributed by atoms with Crippen LogP contribution < -0.4 is 5.32 Å². The molecule has 0 amide bonds. The number of pyridine rings is 1. The maximum absolute atomic E-state index is 11.0. The van der Waals surface area contributed by atoms with Crippen molar-refractivity contribution in [1.29, 1.82) is 0 Å². The molecule has 0 saturated carbocycles. The van der Waals surface area contributed by atoms with Crippen molar-refractivity contribution in [3.8, 4) is 0 Å². The third-order valence-corrected chi connectivity index (χ3v) is 4.09. The highest BCUT2D eigenvalue weighted by Gasteiger charge is 2.17. The Kier molecular flexibility index (Phi) is 4.62. The van der Waals surface area contributed by atoms with Crippen LogP contribution >= 0.6 is 11.3 Å². The number of nitrogens with zero attached hydrogens (tertiary/aromatic N) is 3. The lowest BCUT2D eigenvalue weighted by Gasteiger charge is -2.06. The predicted octanol–water partition coefficient (Wildman–Crippen LogP) is 2.97. The maximum atomic E-state index is 11.0.